The molecule has 0 bridgehead atoms. The van der Waals surface area contributed by atoms with Gasteiger partial charge in [0, 0.05) is 43.5 Å². The minimum atomic E-state index is -3.52. The predicted molar refractivity (Wildman–Crippen MR) is 109 cm³/mol. The molecule has 0 spiro atoms. The molecule has 0 unspecified atom stereocenters. The molecule has 1 atom stereocenters. The number of para-hydroxylation sites is 1. The maximum Gasteiger partial charge on any atom is 0.258 e. The smallest absolute Gasteiger partial charge is 0.258 e. The quantitative estimate of drug-likeness (QED) is 0.794. The highest BCUT2D eigenvalue weighted by molar-refractivity contribution is 7.89. The van der Waals surface area contributed by atoms with Gasteiger partial charge >= 0.3 is 0 Å². The lowest BCUT2D eigenvalue weighted by atomic mass is 10.1. The highest BCUT2D eigenvalue weighted by Gasteiger charge is 2.32. The van der Waals surface area contributed by atoms with Crippen LogP contribution in [0.2, 0.25) is 0 Å². The molecule has 1 fully saturated rings. The van der Waals surface area contributed by atoms with Crippen molar-refractivity contribution in [1.82, 2.24) is 9.21 Å². The molecule has 0 N–H and O–H groups in total. The fraction of sp³-hybridized carbons (Fsp3) is 0.381. The maximum absolute atomic E-state index is 13.1. The van der Waals surface area contributed by atoms with Crippen molar-refractivity contribution in [3.05, 3.63) is 59.7 Å². The summed E-state index contributed by atoms with van der Waals surface area (Å²) < 4.78 is 27.2. The van der Waals surface area contributed by atoms with Gasteiger partial charge < -0.3 is 9.80 Å². The molecule has 148 valence electrons. The number of benzene rings is 2. The number of carbonyl (C=O) groups excluding carboxylic acids is 1. The zero-order chi connectivity index (χ0) is 19.9. The average molecular weight is 400 g/mol. The fourth-order valence-electron chi connectivity index (χ4n) is 3.96. The Morgan fingerprint density at radius 1 is 0.964 bits per heavy atom. The molecular weight excluding hydrogens is 374 g/mol. The Morgan fingerprint density at radius 3 is 2.29 bits per heavy atom. The van der Waals surface area contributed by atoms with Crippen molar-refractivity contribution in [3.63, 3.8) is 0 Å². The van der Waals surface area contributed by atoms with Crippen LogP contribution in [0.3, 0.4) is 0 Å². The number of nitrogens with zero attached hydrogens (tertiary/aromatic N) is 3. The van der Waals surface area contributed by atoms with Gasteiger partial charge in [0.15, 0.2) is 0 Å². The van der Waals surface area contributed by atoms with Crippen LogP contribution >= 0.6 is 0 Å². The summed E-state index contributed by atoms with van der Waals surface area (Å²) in [6.45, 7) is 4.46. The number of anilines is 1. The first-order valence-electron chi connectivity index (χ1n) is 9.58. The number of piperazine rings is 1. The third kappa shape index (κ3) is 3.34. The predicted octanol–water partition coefficient (Wildman–Crippen LogP) is 2.21. The van der Waals surface area contributed by atoms with Crippen molar-refractivity contribution < 1.29 is 13.2 Å². The molecule has 2 heterocycles. The number of hydrogen-bond acceptors (Lipinski definition) is 4. The number of hydrogen-bond donors (Lipinski definition) is 0. The first kappa shape index (κ1) is 19.1. The highest BCUT2D eigenvalue weighted by atomic mass is 32.2. The Hall–Kier alpha value is -2.22. The molecule has 4 rings (SSSR count). The van der Waals surface area contributed by atoms with Gasteiger partial charge in [0.25, 0.3) is 5.91 Å². The van der Waals surface area contributed by atoms with Gasteiger partial charge in [-0.1, -0.05) is 18.2 Å². The van der Waals surface area contributed by atoms with Crippen molar-refractivity contribution in [2.75, 3.05) is 38.1 Å². The maximum atomic E-state index is 13.1. The number of fused-ring (bicyclic) bond motifs is 1. The number of carbonyl (C=O) groups is 1. The molecule has 0 aromatic heterocycles. The summed E-state index contributed by atoms with van der Waals surface area (Å²) in [5.41, 5.74) is 2.60. The fourth-order valence-corrected chi connectivity index (χ4v) is 5.38. The van der Waals surface area contributed by atoms with Crippen LogP contribution in [-0.4, -0.2) is 62.8 Å². The van der Waals surface area contributed by atoms with Gasteiger partial charge in [-0.05, 0) is 56.3 Å². The molecule has 0 radical (unpaired) electrons. The summed E-state index contributed by atoms with van der Waals surface area (Å²) >= 11 is 0. The second-order valence-electron chi connectivity index (χ2n) is 7.59. The SMILES string of the molecule is C[C@@H]1Cc2ccccc2N1C(=O)c1ccc(S(=O)(=O)N2CCN(C)CC2)cc1. The summed E-state index contributed by atoms with van der Waals surface area (Å²) in [7, 11) is -1.54. The van der Waals surface area contributed by atoms with Crippen LogP contribution in [0.25, 0.3) is 0 Å². The van der Waals surface area contributed by atoms with E-state index in [4.69, 9.17) is 0 Å². The summed E-state index contributed by atoms with van der Waals surface area (Å²) in [5.74, 6) is -0.0963. The van der Waals surface area contributed by atoms with E-state index in [1.807, 2.05) is 38.2 Å². The molecule has 28 heavy (non-hydrogen) atoms. The Morgan fingerprint density at radius 2 is 1.61 bits per heavy atom. The normalized spacial score (nSPS) is 20.9. The average Bonchev–Trinajstić information content (AvgIpc) is 3.03. The van der Waals surface area contributed by atoms with E-state index in [-0.39, 0.29) is 16.8 Å². The molecule has 0 saturated carbocycles. The first-order chi connectivity index (χ1) is 13.4. The van der Waals surface area contributed by atoms with Gasteiger partial charge in [-0.2, -0.15) is 4.31 Å². The van der Waals surface area contributed by atoms with Gasteiger partial charge in [-0.15, -0.1) is 0 Å². The van der Waals surface area contributed by atoms with Gasteiger partial charge in [0.05, 0.1) is 4.90 Å². The second kappa shape index (κ2) is 7.31. The van der Waals surface area contributed by atoms with Crippen LogP contribution < -0.4 is 4.90 Å². The van der Waals surface area contributed by atoms with E-state index < -0.39 is 10.0 Å². The first-order valence-corrected chi connectivity index (χ1v) is 11.0. The molecule has 1 saturated heterocycles. The molecule has 2 aromatic rings. The lowest BCUT2D eigenvalue weighted by molar-refractivity contribution is 0.0981. The Kier molecular flexibility index (Phi) is 4.99. The summed E-state index contributed by atoms with van der Waals surface area (Å²) in [6, 6.07) is 14.4. The van der Waals surface area contributed by atoms with E-state index in [9.17, 15) is 13.2 Å². The van der Waals surface area contributed by atoms with E-state index in [0.29, 0.717) is 18.7 Å². The van der Waals surface area contributed by atoms with Gasteiger partial charge in [0.2, 0.25) is 10.0 Å². The van der Waals surface area contributed by atoms with Crippen molar-refractivity contribution in [1.29, 1.82) is 0 Å². The topological polar surface area (TPSA) is 60.9 Å². The number of rotatable bonds is 3. The zero-order valence-electron chi connectivity index (χ0n) is 16.2. The minimum Gasteiger partial charge on any atom is -0.305 e. The van der Waals surface area contributed by atoms with Crippen molar-refractivity contribution in [3.8, 4) is 0 Å². The van der Waals surface area contributed by atoms with Crippen molar-refractivity contribution >= 4 is 21.6 Å². The van der Waals surface area contributed by atoms with E-state index in [1.165, 1.54) is 4.31 Å². The van der Waals surface area contributed by atoms with Gasteiger partial charge in [-0.25, -0.2) is 8.42 Å². The van der Waals surface area contributed by atoms with Crippen molar-refractivity contribution in [2.45, 2.75) is 24.3 Å². The lowest BCUT2D eigenvalue weighted by Gasteiger charge is -2.31. The Balaban J connectivity index is 1.56. The zero-order valence-corrected chi connectivity index (χ0v) is 17.0. The van der Waals surface area contributed by atoms with Crippen molar-refractivity contribution in [2.24, 2.45) is 0 Å². The molecule has 2 aliphatic heterocycles. The third-order valence-corrected chi connectivity index (χ3v) is 7.54. The summed E-state index contributed by atoms with van der Waals surface area (Å²) in [4.78, 5) is 17.2. The monoisotopic (exact) mass is 399 g/mol. The molecule has 2 aromatic carbocycles. The third-order valence-electron chi connectivity index (χ3n) is 5.63. The van der Waals surface area contributed by atoms with E-state index >= 15 is 0 Å². The van der Waals surface area contributed by atoms with E-state index in [0.717, 1.165) is 30.8 Å². The second-order valence-corrected chi connectivity index (χ2v) is 9.53. The molecule has 7 heteroatoms. The summed E-state index contributed by atoms with van der Waals surface area (Å²) in [6.07, 6.45) is 0.831. The van der Waals surface area contributed by atoms with Gasteiger partial charge in [-0.3, -0.25) is 4.79 Å². The minimum absolute atomic E-state index is 0.0821. The van der Waals surface area contributed by atoms with E-state index in [1.54, 1.807) is 29.2 Å². The van der Waals surface area contributed by atoms with Crippen LogP contribution in [0, 0.1) is 0 Å². The van der Waals surface area contributed by atoms with Crippen LogP contribution in [0.5, 0.6) is 0 Å². The van der Waals surface area contributed by atoms with Gasteiger partial charge in [0.1, 0.15) is 0 Å². The molecule has 1 amide bonds. The number of sulfonamides is 1. The van der Waals surface area contributed by atoms with E-state index in [2.05, 4.69) is 4.90 Å². The van der Waals surface area contributed by atoms with Crippen LogP contribution in [0.15, 0.2) is 53.4 Å². The van der Waals surface area contributed by atoms with Crippen LogP contribution in [-0.2, 0) is 16.4 Å². The summed E-state index contributed by atoms with van der Waals surface area (Å²) in [5, 5.41) is 0. The molecular formula is C21H25N3O3S. The Labute approximate surface area is 166 Å². The standard InChI is InChI=1S/C21H25N3O3S/c1-16-15-18-5-3-4-6-20(18)24(16)21(25)17-7-9-19(10-8-17)28(26,27)23-13-11-22(2)12-14-23/h3-10,16H,11-15H2,1-2H3/t16-/m1/s1. The number of amides is 1. The highest BCUT2D eigenvalue weighted by Crippen LogP contribution is 2.33. The van der Waals surface area contributed by atoms with Crippen LogP contribution in [0.4, 0.5) is 5.69 Å². The largest absolute Gasteiger partial charge is 0.305 e. The lowest BCUT2D eigenvalue weighted by Crippen LogP contribution is -2.47. The molecule has 0 aliphatic carbocycles. The molecule has 6 nitrogen and oxygen atoms in total. The van der Waals surface area contributed by atoms with Crippen LogP contribution in [0.1, 0.15) is 22.8 Å². The number of likely N-dealkylation sites (N-methyl/N-ethyl adjacent to an activating group) is 1. The Bertz CT molecular complexity index is 980. The molecule has 2 aliphatic rings.